The number of rotatable bonds is 2. The van der Waals surface area contributed by atoms with Gasteiger partial charge in [0.25, 0.3) is 0 Å². The molecular weight excluding hydrogens is 292 g/mol. The third-order valence-electron chi connectivity index (χ3n) is 2.81. The van der Waals surface area contributed by atoms with E-state index in [4.69, 9.17) is 4.74 Å². The third kappa shape index (κ3) is 1.88. The second-order valence-corrected chi connectivity index (χ2v) is 4.86. The smallest absolute Gasteiger partial charge is 0.180 e. The quantitative estimate of drug-likeness (QED) is 0.720. The van der Waals surface area contributed by atoms with Crippen LogP contribution in [0.2, 0.25) is 0 Å². The molecular formula is C14H11BrN2O. The molecule has 0 saturated heterocycles. The zero-order valence-electron chi connectivity index (χ0n) is 9.80. The number of imidazole rings is 1. The first-order valence-corrected chi connectivity index (χ1v) is 6.35. The lowest BCUT2D eigenvalue weighted by atomic mass is 10.2. The summed E-state index contributed by atoms with van der Waals surface area (Å²) in [5.74, 6) is 0.779. The molecule has 0 aliphatic rings. The fraction of sp³-hybridized carbons (Fsp3) is 0.0714. The van der Waals surface area contributed by atoms with Crippen LogP contribution in [0.3, 0.4) is 0 Å². The van der Waals surface area contributed by atoms with Crippen LogP contribution < -0.4 is 4.74 Å². The van der Waals surface area contributed by atoms with Gasteiger partial charge in [0.2, 0.25) is 0 Å². The van der Waals surface area contributed by atoms with Crippen molar-refractivity contribution in [3.63, 3.8) is 0 Å². The van der Waals surface area contributed by atoms with Gasteiger partial charge in [0.05, 0.1) is 12.8 Å². The molecule has 0 fully saturated rings. The van der Waals surface area contributed by atoms with Gasteiger partial charge in [-0.1, -0.05) is 28.1 Å². The van der Waals surface area contributed by atoms with Gasteiger partial charge in [-0.3, -0.25) is 0 Å². The number of aromatic nitrogens is 2. The third-order valence-corrected chi connectivity index (χ3v) is 3.34. The first kappa shape index (κ1) is 11.3. The largest absolute Gasteiger partial charge is 0.493 e. The summed E-state index contributed by atoms with van der Waals surface area (Å²) in [6, 6.07) is 12.0. The van der Waals surface area contributed by atoms with Crippen LogP contribution in [0.1, 0.15) is 0 Å². The fourth-order valence-corrected chi connectivity index (χ4v) is 2.17. The molecule has 3 aromatic rings. The second-order valence-electron chi connectivity index (χ2n) is 3.94. The zero-order valence-corrected chi connectivity index (χ0v) is 11.4. The van der Waals surface area contributed by atoms with Crippen LogP contribution in [0.15, 0.2) is 53.3 Å². The fourth-order valence-electron chi connectivity index (χ4n) is 1.91. The van der Waals surface area contributed by atoms with Gasteiger partial charge >= 0.3 is 0 Å². The molecule has 0 saturated carbocycles. The normalized spacial score (nSPS) is 10.8. The van der Waals surface area contributed by atoms with Crippen LogP contribution >= 0.6 is 15.9 Å². The lowest BCUT2D eigenvalue weighted by Gasteiger charge is -1.99. The molecule has 3 nitrogen and oxygen atoms in total. The Morgan fingerprint density at radius 2 is 1.94 bits per heavy atom. The van der Waals surface area contributed by atoms with E-state index in [9.17, 15) is 0 Å². The predicted molar refractivity (Wildman–Crippen MR) is 74.9 cm³/mol. The summed E-state index contributed by atoms with van der Waals surface area (Å²) in [6.07, 6.45) is 3.97. The number of hydrogen-bond acceptors (Lipinski definition) is 2. The summed E-state index contributed by atoms with van der Waals surface area (Å²) < 4.78 is 8.34. The van der Waals surface area contributed by atoms with Crippen molar-refractivity contribution < 1.29 is 4.74 Å². The van der Waals surface area contributed by atoms with Gasteiger partial charge in [-0.15, -0.1) is 0 Å². The maximum atomic E-state index is 5.30. The summed E-state index contributed by atoms with van der Waals surface area (Å²) >= 11 is 3.43. The first-order valence-electron chi connectivity index (χ1n) is 5.55. The van der Waals surface area contributed by atoms with Crippen LogP contribution in [0.4, 0.5) is 0 Å². The van der Waals surface area contributed by atoms with Gasteiger partial charge in [0.1, 0.15) is 0 Å². The van der Waals surface area contributed by atoms with E-state index in [1.807, 2.05) is 53.2 Å². The van der Waals surface area contributed by atoms with Crippen LogP contribution in [0.25, 0.3) is 16.9 Å². The summed E-state index contributed by atoms with van der Waals surface area (Å²) in [6.45, 7) is 0. The Kier molecular flexibility index (Phi) is 2.80. The van der Waals surface area contributed by atoms with Gasteiger partial charge in [-0.25, -0.2) is 4.98 Å². The van der Waals surface area contributed by atoms with Gasteiger partial charge in [-0.05, 0) is 24.3 Å². The van der Waals surface area contributed by atoms with Gasteiger partial charge < -0.3 is 9.14 Å². The van der Waals surface area contributed by atoms with Gasteiger partial charge in [-0.2, -0.15) is 0 Å². The van der Waals surface area contributed by atoms with Crippen molar-refractivity contribution in [1.29, 1.82) is 0 Å². The number of hydrogen-bond donors (Lipinski definition) is 0. The van der Waals surface area contributed by atoms with E-state index in [0.29, 0.717) is 0 Å². The highest BCUT2D eigenvalue weighted by Gasteiger charge is 2.07. The second kappa shape index (κ2) is 4.46. The van der Waals surface area contributed by atoms with E-state index in [0.717, 1.165) is 27.1 Å². The summed E-state index contributed by atoms with van der Waals surface area (Å²) in [7, 11) is 1.66. The van der Waals surface area contributed by atoms with Crippen molar-refractivity contribution in [2.45, 2.75) is 0 Å². The Bertz CT molecular complexity index is 689. The summed E-state index contributed by atoms with van der Waals surface area (Å²) in [5, 5.41) is 0. The molecule has 0 unspecified atom stereocenters. The van der Waals surface area contributed by atoms with Crippen molar-refractivity contribution in [3.8, 4) is 17.0 Å². The van der Waals surface area contributed by atoms with Crippen LogP contribution in [-0.2, 0) is 0 Å². The number of fused-ring (bicyclic) bond motifs is 1. The summed E-state index contributed by atoms with van der Waals surface area (Å²) in [5.41, 5.74) is 2.86. The Morgan fingerprint density at radius 1 is 1.17 bits per heavy atom. The van der Waals surface area contributed by atoms with E-state index in [-0.39, 0.29) is 0 Å². The minimum Gasteiger partial charge on any atom is -0.493 e. The molecule has 90 valence electrons. The Labute approximate surface area is 113 Å². The number of benzene rings is 1. The number of pyridine rings is 1. The average molecular weight is 303 g/mol. The molecule has 0 amide bonds. The standard InChI is InChI=1S/C14H11BrN2O/c1-18-13-3-2-8-17-9-12(16-14(13)17)10-4-6-11(15)7-5-10/h2-9H,1H3. The number of nitrogens with zero attached hydrogens (tertiary/aromatic N) is 2. The Balaban J connectivity index is 2.16. The SMILES string of the molecule is COc1cccn2cc(-c3ccc(Br)cc3)nc12. The topological polar surface area (TPSA) is 26.5 Å². The molecule has 1 aromatic carbocycles. The molecule has 0 bridgehead atoms. The molecule has 2 heterocycles. The van der Waals surface area contributed by atoms with E-state index in [1.165, 1.54) is 0 Å². The molecule has 18 heavy (non-hydrogen) atoms. The van der Waals surface area contributed by atoms with Crippen molar-refractivity contribution >= 4 is 21.6 Å². The van der Waals surface area contributed by atoms with Gasteiger partial charge in [0.15, 0.2) is 11.4 Å². The average Bonchev–Trinajstić information content (AvgIpc) is 2.83. The maximum absolute atomic E-state index is 5.30. The molecule has 0 N–H and O–H groups in total. The molecule has 2 aromatic heterocycles. The minimum atomic E-state index is 0.779. The number of ether oxygens (including phenoxy) is 1. The Morgan fingerprint density at radius 3 is 2.67 bits per heavy atom. The van der Waals surface area contributed by atoms with Crippen LogP contribution in [0.5, 0.6) is 5.75 Å². The first-order chi connectivity index (χ1) is 8.78. The highest BCUT2D eigenvalue weighted by atomic mass is 79.9. The van der Waals surface area contributed by atoms with Gasteiger partial charge in [0, 0.05) is 22.4 Å². The molecule has 0 atom stereocenters. The predicted octanol–water partition coefficient (Wildman–Crippen LogP) is 3.77. The molecule has 0 aliphatic carbocycles. The number of halogens is 1. The Hall–Kier alpha value is -1.81. The van der Waals surface area contributed by atoms with E-state index >= 15 is 0 Å². The maximum Gasteiger partial charge on any atom is 0.180 e. The lowest BCUT2D eigenvalue weighted by Crippen LogP contribution is -1.88. The molecule has 3 rings (SSSR count). The molecule has 0 radical (unpaired) electrons. The van der Waals surface area contributed by atoms with Crippen molar-refractivity contribution in [2.75, 3.05) is 7.11 Å². The van der Waals surface area contributed by atoms with Crippen LogP contribution in [-0.4, -0.2) is 16.5 Å². The van der Waals surface area contributed by atoms with Crippen LogP contribution in [0, 0.1) is 0 Å². The van der Waals surface area contributed by atoms with Crippen molar-refractivity contribution in [1.82, 2.24) is 9.38 Å². The zero-order chi connectivity index (χ0) is 12.5. The van der Waals surface area contributed by atoms with Crippen molar-refractivity contribution in [3.05, 3.63) is 53.3 Å². The van der Waals surface area contributed by atoms with Crippen molar-refractivity contribution in [2.24, 2.45) is 0 Å². The molecule has 4 heteroatoms. The van der Waals surface area contributed by atoms with E-state index in [2.05, 4.69) is 20.9 Å². The monoisotopic (exact) mass is 302 g/mol. The van der Waals surface area contributed by atoms with E-state index < -0.39 is 0 Å². The minimum absolute atomic E-state index is 0.779. The summed E-state index contributed by atoms with van der Waals surface area (Å²) in [4.78, 5) is 4.61. The lowest BCUT2D eigenvalue weighted by molar-refractivity contribution is 0.417. The highest BCUT2D eigenvalue weighted by Crippen LogP contribution is 2.25. The number of methoxy groups -OCH3 is 1. The molecule has 0 spiro atoms. The van der Waals surface area contributed by atoms with E-state index in [1.54, 1.807) is 7.11 Å². The highest BCUT2D eigenvalue weighted by molar-refractivity contribution is 9.10. The molecule has 0 aliphatic heterocycles.